The maximum absolute atomic E-state index is 14.4. The molecule has 1 aliphatic rings. The van der Waals surface area contributed by atoms with Gasteiger partial charge in [0, 0.05) is 42.4 Å². The van der Waals surface area contributed by atoms with Crippen molar-refractivity contribution in [1.82, 2.24) is 25.1 Å². The largest absolute Gasteiger partial charge is 0.483 e. The highest BCUT2D eigenvalue weighted by atomic mass is 19.3. The normalized spacial score (nSPS) is 18.4. The number of rotatable bonds is 6. The molecule has 3 heterocycles. The van der Waals surface area contributed by atoms with Gasteiger partial charge in [0.2, 0.25) is 0 Å². The zero-order chi connectivity index (χ0) is 23.7. The SMILES string of the molecule is Cn1cc(-c2ncnc3cc(OC(F)F)c(O[C@@H]4CCNC[C@H]4F)cc23)c(-c2ccccc2)n1. The third kappa shape index (κ3) is 4.41. The summed E-state index contributed by atoms with van der Waals surface area (Å²) < 4.78 is 52.9. The first-order valence-electron chi connectivity index (χ1n) is 10.8. The topological polar surface area (TPSA) is 74.1 Å². The Kier molecular flexibility index (Phi) is 6.06. The van der Waals surface area contributed by atoms with Crippen molar-refractivity contribution < 1.29 is 22.6 Å². The minimum absolute atomic E-state index is 0.0172. The molecule has 5 rings (SSSR count). The van der Waals surface area contributed by atoms with Gasteiger partial charge in [-0.25, -0.2) is 14.4 Å². The van der Waals surface area contributed by atoms with Gasteiger partial charge < -0.3 is 14.8 Å². The van der Waals surface area contributed by atoms with Gasteiger partial charge in [-0.3, -0.25) is 4.68 Å². The third-order valence-corrected chi connectivity index (χ3v) is 5.67. The van der Waals surface area contributed by atoms with E-state index in [0.717, 1.165) is 11.1 Å². The van der Waals surface area contributed by atoms with Crippen molar-refractivity contribution in [2.24, 2.45) is 7.05 Å². The molecule has 10 heteroatoms. The molecular formula is C24H22F3N5O2. The number of piperidine rings is 1. The number of aromatic nitrogens is 4. The minimum atomic E-state index is -3.07. The van der Waals surface area contributed by atoms with E-state index >= 15 is 0 Å². The van der Waals surface area contributed by atoms with Crippen molar-refractivity contribution in [3.05, 3.63) is 55.0 Å². The van der Waals surface area contributed by atoms with Gasteiger partial charge in [-0.15, -0.1) is 0 Å². The Hall–Kier alpha value is -3.66. The van der Waals surface area contributed by atoms with Crippen LogP contribution in [-0.2, 0) is 7.05 Å². The lowest BCUT2D eigenvalue weighted by Gasteiger charge is -2.28. The Bertz CT molecular complexity index is 1300. The lowest BCUT2D eigenvalue weighted by molar-refractivity contribution is -0.0528. The van der Waals surface area contributed by atoms with Gasteiger partial charge in [0.25, 0.3) is 0 Å². The van der Waals surface area contributed by atoms with E-state index in [1.54, 1.807) is 17.8 Å². The van der Waals surface area contributed by atoms with Crippen LogP contribution in [0.25, 0.3) is 33.4 Å². The van der Waals surface area contributed by atoms with Gasteiger partial charge >= 0.3 is 6.61 Å². The second-order valence-corrected chi connectivity index (χ2v) is 8.01. The highest BCUT2D eigenvalue weighted by Crippen LogP contribution is 2.39. The summed E-state index contributed by atoms with van der Waals surface area (Å²) in [5, 5.41) is 8.09. The Labute approximate surface area is 193 Å². The van der Waals surface area contributed by atoms with Crippen molar-refractivity contribution in [2.75, 3.05) is 13.1 Å². The number of fused-ring (bicyclic) bond motifs is 1. The van der Waals surface area contributed by atoms with Crippen LogP contribution in [0, 0.1) is 0 Å². The fourth-order valence-corrected chi connectivity index (χ4v) is 4.12. The molecule has 1 saturated heterocycles. The van der Waals surface area contributed by atoms with E-state index in [2.05, 4.69) is 20.4 Å². The number of nitrogens with one attached hydrogen (secondary N) is 1. The first kappa shape index (κ1) is 22.1. The van der Waals surface area contributed by atoms with E-state index in [-0.39, 0.29) is 18.0 Å². The summed E-state index contributed by atoms with van der Waals surface area (Å²) >= 11 is 0. The molecule has 1 aliphatic heterocycles. The zero-order valence-corrected chi connectivity index (χ0v) is 18.3. The van der Waals surface area contributed by atoms with Crippen LogP contribution in [0.1, 0.15) is 6.42 Å². The number of aryl methyl sites for hydroxylation is 1. The van der Waals surface area contributed by atoms with Crippen molar-refractivity contribution in [3.63, 3.8) is 0 Å². The van der Waals surface area contributed by atoms with E-state index in [1.807, 2.05) is 36.5 Å². The van der Waals surface area contributed by atoms with E-state index in [0.29, 0.717) is 35.3 Å². The zero-order valence-electron chi connectivity index (χ0n) is 18.3. The quantitative estimate of drug-likeness (QED) is 0.452. The molecule has 0 amide bonds. The van der Waals surface area contributed by atoms with Gasteiger partial charge in [-0.2, -0.15) is 13.9 Å². The van der Waals surface area contributed by atoms with Crippen LogP contribution >= 0.6 is 0 Å². The molecule has 0 aliphatic carbocycles. The standard InChI is InChI=1S/C24H22F3N5O2/c1-32-12-16(22(31-32)14-5-3-2-4-6-14)23-15-9-20(33-19-7-8-28-11-17(19)25)21(34-24(26)27)10-18(15)29-13-30-23/h2-6,9-10,12-13,17,19,24,28H,7-8,11H2,1H3/t17-,19-/m1/s1. The number of alkyl halides is 3. The number of ether oxygens (including phenoxy) is 2. The molecule has 2 aromatic carbocycles. The fraction of sp³-hybridized carbons (Fsp3) is 0.292. The van der Waals surface area contributed by atoms with Gasteiger partial charge in [0.15, 0.2) is 11.5 Å². The summed E-state index contributed by atoms with van der Waals surface area (Å²) in [6.45, 7) is -2.37. The highest BCUT2D eigenvalue weighted by Gasteiger charge is 2.28. The Morgan fingerprint density at radius 2 is 1.91 bits per heavy atom. The molecular weight excluding hydrogens is 447 g/mol. The van der Waals surface area contributed by atoms with E-state index in [1.165, 1.54) is 12.4 Å². The van der Waals surface area contributed by atoms with Crippen molar-refractivity contribution in [3.8, 4) is 34.0 Å². The predicted molar refractivity (Wildman–Crippen MR) is 121 cm³/mol. The Morgan fingerprint density at radius 1 is 1.09 bits per heavy atom. The molecule has 0 saturated carbocycles. The van der Waals surface area contributed by atoms with Crippen LogP contribution in [0.4, 0.5) is 13.2 Å². The Morgan fingerprint density at radius 3 is 2.68 bits per heavy atom. The summed E-state index contributed by atoms with van der Waals surface area (Å²) in [5.41, 5.74) is 3.28. The second kappa shape index (κ2) is 9.30. The molecule has 0 radical (unpaired) electrons. The average Bonchev–Trinajstić information content (AvgIpc) is 3.22. The van der Waals surface area contributed by atoms with Crippen LogP contribution in [0.15, 0.2) is 55.0 Å². The summed E-state index contributed by atoms with van der Waals surface area (Å²) in [5.74, 6) is -0.184. The summed E-state index contributed by atoms with van der Waals surface area (Å²) in [4.78, 5) is 8.72. The molecule has 2 atom stereocenters. The van der Waals surface area contributed by atoms with E-state index in [4.69, 9.17) is 9.47 Å². The highest BCUT2D eigenvalue weighted by molar-refractivity contribution is 5.97. The molecule has 7 nitrogen and oxygen atoms in total. The molecule has 1 fully saturated rings. The molecule has 2 aromatic heterocycles. The van der Waals surface area contributed by atoms with Gasteiger partial charge in [-0.1, -0.05) is 30.3 Å². The molecule has 0 unspecified atom stereocenters. The van der Waals surface area contributed by atoms with E-state index < -0.39 is 18.9 Å². The van der Waals surface area contributed by atoms with Crippen LogP contribution in [0.3, 0.4) is 0 Å². The van der Waals surface area contributed by atoms with Crippen LogP contribution < -0.4 is 14.8 Å². The molecule has 0 bridgehead atoms. The maximum atomic E-state index is 14.4. The third-order valence-electron chi connectivity index (χ3n) is 5.67. The summed E-state index contributed by atoms with van der Waals surface area (Å²) in [6.07, 6.45) is 1.52. The lowest BCUT2D eigenvalue weighted by atomic mass is 10.0. The van der Waals surface area contributed by atoms with E-state index in [9.17, 15) is 13.2 Å². The minimum Gasteiger partial charge on any atom is -0.483 e. The van der Waals surface area contributed by atoms with Gasteiger partial charge in [0.05, 0.1) is 11.2 Å². The predicted octanol–water partition coefficient (Wildman–Crippen LogP) is 4.38. The number of benzene rings is 2. The van der Waals surface area contributed by atoms with Gasteiger partial charge in [0.1, 0.15) is 24.3 Å². The van der Waals surface area contributed by atoms with Crippen LogP contribution in [-0.4, -0.2) is 51.7 Å². The lowest BCUT2D eigenvalue weighted by Crippen LogP contribution is -2.44. The van der Waals surface area contributed by atoms with Crippen LogP contribution in [0.2, 0.25) is 0 Å². The Balaban J connectivity index is 1.65. The second-order valence-electron chi connectivity index (χ2n) is 8.01. The van der Waals surface area contributed by atoms with Crippen molar-refractivity contribution >= 4 is 10.9 Å². The first-order chi connectivity index (χ1) is 16.5. The van der Waals surface area contributed by atoms with Crippen molar-refractivity contribution in [1.29, 1.82) is 0 Å². The maximum Gasteiger partial charge on any atom is 0.387 e. The van der Waals surface area contributed by atoms with Gasteiger partial charge in [-0.05, 0) is 19.0 Å². The average molecular weight is 469 g/mol. The molecule has 1 N–H and O–H groups in total. The molecule has 176 valence electrons. The number of halogens is 3. The monoisotopic (exact) mass is 469 g/mol. The first-order valence-corrected chi connectivity index (χ1v) is 10.8. The molecule has 0 spiro atoms. The smallest absolute Gasteiger partial charge is 0.387 e. The summed E-state index contributed by atoms with van der Waals surface area (Å²) in [6, 6.07) is 12.5. The molecule has 34 heavy (non-hydrogen) atoms. The number of hydrogen-bond acceptors (Lipinski definition) is 6. The fourth-order valence-electron chi connectivity index (χ4n) is 4.12. The molecule has 4 aromatic rings. The summed E-state index contributed by atoms with van der Waals surface area (Å²) in [7, 11) is 1.81. The number of hydrogen-bond donors (Lipinski definition) is 1. The number of nitrogens with zero attached hydrogens (tertiary/aromatic N) is 4. The van der Waals surface area contributed by atoms with Crippen molar-refractivity contribution in [2.45, 2.75) is 25.3 Å². The van der Waals surface area contributed by atoms with Crippen LogP contribution in [0.5, 0.6) is 11.5 Å².